The van der Waals surface area contributed by atoms with E-state index in [0.29, 0.717) is 22.0 Å². The number of Topliss-reactive ketones (excluding diaryl/α,β-unsaturated/α-hetero) is 1. The smallest absolute Gasteiger partial charge is 0.301 e. The van der Waals surface area contributed by atoms with Crippen molar-refractivity contribution in [1.82, 2.24) is 4.98 Å². The highest BCUT2D eigenvalue weighted by molar-refractivity contribution is 7.16. The van der Waals surface area contributed by atoms with E-state index in [-0.39, 0.29) is 17.1 Å². The number of ether oxygens (including phenoxy) is 1. The fourth-order valence-corrected chi connectivity index (χ4v) is 4.44. The van der Waals surface area contributed by atoms with E-state index in [1.165, 1.54) is 35.5 Å². The monoisotopic (exact) mass is 436 g/mol. The molecule has 0 saturated carbocycles. The van der Waals surface area contributed by atoms with Crippen LogP contribution in [0, 0.1) is 13.8 Å². The molecule has 1 atom stereocenters. The lowest BCUT2D eigenvalue weighted by Crippen LogP contribution is -2.29. The van der Waals surface area contributed by atoms with Crippen molar-refractivity contribution >= 4 is 33.9 Å². The predicted octanol–water partition coefficient (Wildman–Crippen LogP) is 4.10. The molecular formula is C23H20N2O5S. The maximum Gasteiger partial charge on any atom is 0.301 e. The number of thiazole rings is 1. The number of carbonyl (C=O) groups excluding carboxylic acids is 2. The molecular weight excluding hydrogens is 416 g/mol. The van der Waals surface area contributed by atoms with E-state index < -0.39 is 17.7 Å². The lowest BCUT2D eigenvalue weighted by atomic mass is 9.95. The van der Waals surface area contributed by atoms with Crippen molar-refractivity contribution in [3.8, 4) is 11.5 Å². The van der Waals surface area contributed by atoms with E-state index in [4.69, 9.17) is 4.74 Å². The maximum atomic E-state index is 13.1. The molecule has 7 nitrogen and oxygen atoms in total. The Morgan fingerprint density at radius 3 is 2.42 bits per heavy atom. The SMILES string of the molecule is COc1ccc(/C(O)=C2\C(=O)C(=O)N(c3nc(C)c(C)s3)[C@@H]2c2cccc(O)c2)cc1. The number of aromatic hydroxyl groups is 1. The van der Waals surface area contributed by atoms with Crippen molar-refractivity contribution in [1.29, 1.82) is 0 Å². The van der Waals surface area contributed by atoms with Crippen molar-refractivity contribution in [3.05, 3.63) is 75.8 Å². The summed E-state index contributed by atoms with van der Waals surface area (Å²) < 4.78 is 5.14. The molecule has 8 heteroatoms. The van der Waals surface area contributed by atoms with Gasteiger partial charge in [0.05, 0.1) is 24.4 Å². The van der Waals surface area contributed by atoms with Crippen LogP contribution in [-0.2, 0) is 9.59 Å². The number of aliphatic hydroxyl groups is 1. The van der Waals surface area contributed by atoms with Crippen LogP contribution in [-0.4, -0.2) is 34.0 Å². The van der Waals surface area contributed by atoms with Crippen LogP contribution in [0.5, 0.6) is 11.5 Å². The van der Waals surface area contributed by atoms with Gasteiger partial charge in [-0.1, -0.05) is 12.1 Å². The second-order valence-corrected chi connectivity index (χ2v) is 8.31. The van der Waals surface area contributed by atoms with E-state index in [1.54, 1.807) is 36.4 Å². The van der Waals surface area contributed by atoms with Crippen molar-refractivity contribution in [2.45, 2.75) is 19.9 Å². The summed E-state index contributed by atoms with van der Waals surface area (Å²) in [6.07, 6.45) is 0. The number of ketones is 1. The number of rotatable bonds is 4. The molecule has 1 fully saturated rings. The van der Waals surface area contributed by atoms with Crippen LogP contribution in [0.1, 0.15) is 27.7 Å². The Hall–Kier alpha value is -3.65. The summed E-state index contributed by atoms with van der Waals surface area (Å²) in [5.74, 6) is -1.32. The van der Waals surface area contributed by atoms with Gasteiger partial charge in [0.15, 0.2) is 5.13 Å². The highest BCUT2D eigenvalue weighted by atomic mass is 32.1. The minimum Gasteiger partial charge on any atom is -0.508 e. The molecule has 0 unspecified atom stereocenters. The lowest BCUT2D eigenvalue weighted by Gasteiger charge is -2.23. The van der Waals surface area contributed by atoms with Crippen LogP contribution in [0.2, 0.25) is 0 Å². The molecule has 0 aliphatic carbocycles. The number of aryl methyl sites for hydroxylation is 2. The number of nitrogens with zero attached hydrogens (tertiary/aromatic N) is 2. The number of methoxy groups -OCH3 is 1. The number of aliphatic hydroxyl groups excluding tert-OH is 1. The Morgan fingerprint density at radius 2 is 1.84 bits per heavy atom. The molecule has 0 radical (unpaired) electrons. The van der Waals surface area contributed by atoms with Gasteiger partial charge in [-0.2, -0.15) is 0 Å². The highest BCUT2D eigenvalue weighted by Gasteiger charge is 2.48. The van der Waals surface area contributed by atoms with Gasteiger partial charge in [-0.15, -0.1) is 11.3 Å². The number of phenolic OH excluding ortho intramolecular Hbond substituents is 1. The van der Waals surface area contributed by atoms with Crippen molar-refractivity contribution < 1.29 is 24.5 Å². The molecule has 158 valence electrons. The van der Waals surface area contributed by atoms with Crippen LogP contribution in [0.4, 0.5) is 5.13 Å². The second-order valence-electron chi connectivity index (χ2n) is 7.13. The summed E-state index contributed by atoms with van der Waals surface area (Å²) in [5.41, 5.74) is 1.55. The standard InChI is InChI=1S/C23H20N2O5S/c1-12-13(2)31-23(24-12)25-19(15-5-4-6-16(26)11-15)18(21(28)22(25)29)20(27)14-7-9-17(30-3)10-8-14/h4-11,19,26-27H,1-3H3/b20-18+/t19-/m1/s1. The third kappa shape index (κ3) is 3.55. The predicted molar refractivity (Wildman–Crippen MR) is 117 cm³/mol. The molecule has 1 aromatic heterocycles. The summed E-state index contributed by atoms with van der Waals surface area (Å²) in [5, 5.41) is 21.4. The average molecular weight is 436 g/mol. The van der Waals surface area contributed by atoms with E-state index in [0.717, 1.165) is 10.6 Å². The highest BCUT2D eigenvalue weighted by Crippen LogP contribution is 2.44. The van der Waals surface area contributed by atoms with E-state index >= 15 is 0 Å². The molecule has 1 saturated heterocycles. The molecule has 4 rings (SSSR count). The number of anilines is 1. The van der Waals surface area contributed by atoms with Gasteiger partial charge in [0.25, 0.3) is 5.78 Å². The molecule has 2 aromatic carbocycles. The van der Waals surface area contributed by atoms with Crippen LogP contribution >= 0.6 is 11.3 Å². The zero-order valence-electron chi connectivity index (χ0n) is 17.1. The first-order chi connectivity index (χ1) is 14.8. The first-order valence-electron chi connectivity index (χ1n) is 9.50. The van der Waals surface area contributed by atoms with Gasteiger partial charge < -0.3 is 14.9 Å². The van der Waals surface area contributed by atoms with Crippen LogP contribution < -0.4 is 9.64 Å². The largest absolute Gasteiger partial charge is 0.508 e. The molecule has 1 aliphatic heterocycles. The van der Waals surface area contributed by atoms with Crippen molar-refractivity contribution in [3.63, 3.8) is 0 Å². The van der Waals surface area contributed by atoms with Gasteiger partial charge in [0.1, 0.15) is 17.3 Å². The van der Waals surface area contributed by atoms with Gasteiger partial charge in [-0.05, 0) is 55.8 Å². The summed E-state index contributed by atoms with van der Waals surface area (Å²) in [6, 6.07) is 11.9. The second kappa shape index (κ2) is 7.88. The molecule has 2 N–H and O–H groups in total. The van der Waals surface area contributed by atoms with Gasteiger partial charge in [0, 0.05) is 10.4 Å². The molecule has 31 heavy (non-hydrogen) atoms. The first kappa shape index (κ1) is 20.6. The van der Waals surface area contributed by atoms with Gasteiger partial charge in [0.2, 0.25) is 0 Å². The third-order valence-electron chi connectivity index (χ3n) is 5.22. The van der Waals surface area contributed by atoms with Crippen LogP contribution in [0.15, 0.2) is 54.1 Å². The van der Waals surface area contributed by atoms with E-state index in [9.17, 15) is 19.8 Å². The fraction of sp³-hybridized carbons (Fsp3) is 0.174. The Balaban J connectivity index is 1.93. The number of hydrogen-bond acceptors (Lipinski definition) is 7. The first-order valence-corrected chi connectivity index (χ1v) is 10.3. The number of aromatic nitrogens is 1. The van der Waals surface area contributed by atoms with E-state index in [2.05, 4.69) is 4.98 Å². The minimum atomic E-state index is -0.931. The van der Waals surface area contributed by atoms with Crippen molar-refractivity contribution in [2.24, 2.45) is 0 Å². The molecule has 2 heterocycles. The Kier molecular flexibility index (Phi) is 5.24. The topological polar surface area (TPSA) is 100.0 Å². The molecule has 0 bridgehead atoms. The normalized spacial score (nSPS) is 17.9. The number of carbonyl (C=O) groups is 2. The average Bonchev–Trinajstić information content (AvgIpc) is 3.23. The lowest BCUT2D eigenvalue weighted by molar-refractivity contribution is -0.132. The van der Waals surface area contributed by atoms with Gasteiger partial charge in [-0.25, -0.2) is 4.98 Å². The van der Waals surface area contributed by atoms with Crippen LogP contribution in [0.25, 0.3) is 5.76 Å². The summed E-state index contributed by atoms with van der Waals surface area (Å²) in [6.45, 7) is 3.71. The Morgan fingerprint density at radius 1 is 1.13 bits per heavy atom. The number of phenols is 1. The molecule has 1 amide bonds. The number of benzene rings is 2. The minimum absolute atomic E-state index is 0.0148. The molecule has 0 spiro atoms. The van der Waals surface area contributed by atoms with Gasteiger partial charge >= 0.3 is 5.91 Å². The summed E-state index contributed by atoms with van der Waals surface area (Å²) in [4.78, 5) is 32.8. The zero-order valence-corrected chi connectivity index (χ0v) is 17.9. The Labute approximate surface area is 182 Å². The van der Waals surface area contributed by atoms with E-state index in [1.807, 2.05) is 13.8 Å². The Bertz CT molecular complexity index is 1190. The quantitative estimate of drug-likeness (QED) is 0.363. The maximum absolute atomic E-state index is 13.1. The van der Waals surface area contributed by atoms with Gasteiger partial charge in [-0.3, -0.25) is 14.5 Å². The number of hydrogen-bond donors (Lipinski definition) is 2. The third-order valence-corrected chi connectivity index (χ3v) is 6.29. The molecule has 1 aliphatic rings. The summed E-state index contributed by atoms with van der Waals surface area (Å²) >= 11 is 1.29. The fourth-order valence-electron chi connectivity index (χ4n) is 3.50. The molecule has 3 aromatic rings. The van der Waals surface area contributed by atoms with Crippen molar-refractivity contribution in [2.75, 3.05) is 12.0 Å². The van der Waals surface area contributed by atoms with Crippen LogP contribution in [0.3, 0.4) is 0 Å². The zero-order chi connectivity index (χ0) is 22.3. The summed E-state index contributed by atoms with van der Waals surface area (Å²) in [7, 11) is 1.53. The number of amides is 1.